The summed E-state index contributed by atoms with van der Waals surface area (Å²) in [7, 11) is 5.07. The second-order valence-electron chi connectivity index (χ2n) is 3.87. The predicted molar refractivity (Wildman–Crippen MR) is 76.6 cm³/mol. The zero-order valence-corrected chi connectivity index (χ0v) is 11.2. The van der Waals surface area contributed by atoms with Crippen molar-refractivity contribution < 1.29 is 9.47 Å². The van der Waals surface area contributed by atoms with Crippen LogP contribution in [0.2, 0.25) is 0 Å². The summed E-state index contributed by atoms with van der Waals surface area (Å²) in [5, 5.41) is 6.29. The molecule has 0 aliphatic heterocycles. The van der Waals surface area contributed by atoms with Crippen LogP contribution < -0.4 is 20.1 Å². The highest BCUT2D eigenvalue weighted by atomic mass is 16.5. The second-order valence-corrected chi connectivity index (χ2v) is 3.87. The Morgan fingerprint density at radius 3 is 2.37 bits per heavy atom. The topological polar surface area (TPSA) is 55.4 Å². The van der Waals surface area contributed by atoms with Gasteiger partial charge in [-0.25, -0.2) is 4.98 Å². The highest BCUT2D eigenvalue weighted by Gasteiger charge is 2.05. The third kappa shape index (κ3) is 3.07. The van der Waals surface area contributed by atoms with Crippen molar-refractivity contribution in [3.05, 3.63) is 36.5 Å². The first-order valence-corrected chi connectivity index (χ1v) is 5.89. The van der Waals surface area contributed by atoms with Crippen LogP contribution in [0.5, 0.6) is 11.5 Å². The van der Waals surface area contributed by atoms with Crippen LogP contribution in [-0.4, -0.2) is 26.3 Å². The minimum absolute atomic E-state index is 0.690. The number of anilines is 3. The molecule has 0 saturated heterocycles. The minimum atomic E-state index is 0.690. The predicted octanol–water partition coefficient (Wildman–Crippen LogP) is 2.88. The summed E-state index contributed by atoms with van der Waals surface area (Å²) in [6, 6.07) is 9.51. The fourth-order valence-corrected chi connectivity index (χ4v) is 1.73. The maximum Gasteiger partial charge on any atom is 0.162 e. The van der Waals surface area contributed by atoms with Crippen LogP contribution in [-0.2, 0) is 0 Å². The Labute approximate surface area is 112 Å². The van der Waals surface area contributed by atoms with Crippen LogP contribution in [0.15, 0.2) is 36.5 Å². The van der Waals surface area contributed by atoms with E-state index in [0.717, 1.165) is 17.2 Å². The van der Waals surface area contributed by atoms with Gasteiger partial charge < -0.3 is 20.1 Å². The fraction of sp³-hybridized carbons (Fsp3) is 0.214. The third-order valence-corrected chi connectivity index (χ3v) is 2.69. The molecule has 1 aromatic carbocycles. The standard InChI is InChI=1S/C14H17N3O2/c1-15-14-9-11(6-7-16-14)17-10-4-5-12(18-2)13(8-10)19-3/h4-9H,1-3H3,(H2,15,16,17). The van der Waals surface area contributed by atoms with Gasteiger partial charge in [-0.3, -0.25) is 0 Å². The molecule has 2 N–H and O–H groups in total. The number of benzene rings is 1. The Balaban J connectivity index is 2.22. The minimum Gasteiger partial charge on any atom is -0.493 e. The normalized spacial score (nSPS) is 9.84. The van der Waals surface area contributed by atoms with Crippen molar-refractivity contribution in [1.82, 2.24) is 4.98 Å². The summed E-state index contributed by atoms with van der Waals surface area (Å²) in [5.41, 5.74) is 1.87. The van der Waals surface area contributed by atoms with Crippen molar-refractivity contribution in [3.63, 3.8) is 0 Å². The van der Waals surface area contributed by atoms with Gasteiger partial charge in [0.2, 0.25) is 0 Å². The molecule has 5 nitrogen and oxygen atoms in total. The molecule has 0 radical (unpaired) electrons. The molecular formula is C14H17N3O2. The number of methoxy groups -OCH3 is 2. The molecule has 19 heavy (non-hydrogen) atoms. The van der Waals surface area contributed by atoms with Crippen molar-refractivity contribution in [3.8, 4) is 11.5 Å². The molecule has 0 saturated carbocycles. The van der Waals surface area contributed by atoms with Crippen LogP contribution >= 0.6 is 0 Å². The lowest BCUT2D eigenvalue weighted by Gasteiger charge is -2.11. The first-order valence-electron chi connectivity index (χ1n) is 5.89. The van der Waals surface area contributed by atoms with E-state index >= 15 is 0 Å². The van der Waals surface area contributed by atoms with E-state index < -0.39 is 0 Å². The second kappa shape index (κ2) is 5.95. The van der Waals surface area contributed by atoms with E-state index in [1.165, 1.54) is 0 Å². The number of aromatic nitrogens is 1. The van der Waals surface area contributed by atoms with Crippen LogP contribution in [0.25, 0.3) is 0 Å². The van der Waals surface area contributed by atoms with Gasteiger partial charge in [-0.05, 0) is 18.2 Å². The zero-order chi connectivity index (χ0) is 13.7. The van der Waals surface area contributed by atoms with Crippen molar-refractivity contribution in [2.75, 3.05) is 31.9 Å². The largest absolute Gasteiger partial charge is 0.493 e. The summed E-state index contributed by atoms with van der Waals surface area (Å²) in [6.45, 7) is 0. The summed E-state index contributed by atoms with van der Waals surface area (Å²) in [6.07, 6.45) is 1.74. The summed E-state index contributed by atoms with van der Waals surface area (Å²) >= 11 is 0. The molecule has 0 aliphatic rings. The Kier molecular flexibility index (Phi) is 4.07. The van der Waals surface area contributed by atoms with E-state index in [9.17, 15) is 0 Å². The molecule has 1 heterocycles. The van der Waals surface area contributed by atoms with E-state index in [-0.39, 0.29) is 0 Å². The maximum atomic E-state index is 5.27. The van der Waals surface area contributed by atoms with Gasteiger partial charge in [-0.15, -0.1) is 0 Å². The molecule has 0 bridgehead atoms. The first kappa shape index (κ1) is 13.0. The molecule has 0 spiro atoms. The molecule has 5 heteroatoms. The number of ether oxygens (including phenoxy) is 2. The molecule has 0 fully saturated rings. The molecule has 0 aliphatic carbocycles. The average Bonchev–Trinajstić information content (AvgIpc) is 2.47. The van der Waals surface area contributed by atoms with E-state index in [1.54, 1.807) is 20.4 Å². The molecule has 0 unspecified atom stereocenters. The molecule has 1 aromatic heterocycles. The van der Waals surface area contributed by atoms with E-state index in [1.807, 2.05) is 37.4 Å². The van der Waals surface area contributed by atoms with Crippen LogP contribution in [0, 0.1) is 0 Å². The number of hydrogen-bond donors (Lipinski definition) is 2. The van der Waals surface area contributed by atoms with Gasteiger partial charge in [0.15, 0.2) is 11.5 Å². The Morgan fingerprint density at radius 1 is 0.947 bits per heavy atom. The Morgan fingerprint density at radius 2 is 1.68 bits per heavy atom. The van der Waals surface area contributed by atoms with Crippen molar-refractivity contribution in [2.45, 2.75) is 0 Å². The molecule has 2 rings (SSSR count). The SMILES string of the molecule is CNc1cc(Nc2ccc(OC)c(OC)c2)ccn1. The van der Waals surface area contributed by atoms with Crippen LogP contribution in [0.1, 0.15) is 0 Å². The van der Waals surface area contributed by atoms with Crippen LogP contribution in [0.4, 0.5) is 17.2 Å². The van der Waals surface area contributed by atoms with Gasteiger partial charge in [0, 0.05) is 36.8 Å². The van der Waals surface area contributed by atoms with Gasteiger partial charge in [-0.2, -0.15) is 0 Å². The first-order chi connectivity index (χ1) is 9.26. The quantitative estimate of drug-likeness (QED) is 0.864. The number of nitrogens with one attached hydrogen (secondary N) is 2. The van der Waals surface area contributed by atoms with E-state index in [2.05, 4.69) is 15.6 Å². The number of nitrogens with zero attached hydrogens (tertiary/aromatic N) is 1. The van der Waals surface area contributed by atoms with E-state index in [4.69, 9.17) is 9.47 Å². The maximum absolute atomic E-state index is 5.27. The average molecular weight is 259 g/mol. The third-order valence-electron chi connectivity index (χ3n) is 2.69. The lowest BCUT2D eigenvalue weighted by Crippen LogP contribution is -1.96. The summed E-state index contributed by atoms with van der Waals surface area (Å²) in [5.74, 6) is 2.21. The van der Waals surface area contributed by atoms with Gasteiger partial charge >= 0.3 is 0 Å². The number of rotatable bonds is 5. The van der Waals surface area contributed by atoms with Crippen molar-refractivity contribution >= 4 is 17.2 Å². The van der Waals surface area contributed by atoms with Crippen molar-refractivity contribution in [2.24, 2.45) is 0 Å². The Hall–Kier alpha value is -2.43. The molecular weight excluding hydrogens is 242 g/mol. The summed E-state index contributed by atoms with van der Waals surface area (Å²) in [4.78, 5) is 4.16. The molecule has 0 amide bonds. The lowest BCUT2D eigenvalue weighted by atomic mass is 10.2. The van der Waals surface area contributed by atoms with Crippen LogP contribution in [0.3, 0.4) is 0 Å². The van der Waals surface area contributed by atoms with Crippen molar-refractivity contribution in [1.29, 1.82) is 0 Å². The Bertz CT molecular complexity index is 558. The summed E-state index contributed by atoms with van der Waals surface area (Å²) < 4.78 is 10.5. The highest BCUT2D eigenvalue weighted by molar-refractivity contribution is 5.65. The number of pyridine rings is 1. The van der Waals surface area contributed by atoms with Gasteiger partial charge in [0.25, 0.3) is 0 Å². The van der Waals surface area contributed by atoms with Gasteiger partial charge in [0.05, 0.1) is 14.2 Å². The highest BCUT2D eigenvalue weighted by Crippen LogP contribution is 2.31. The fourth-order valence-electron chi connectivity index (χ4n) is 1.73. The number of hydrogen-bond acceptors (Lipinski definition) is 5. The zero-order valence-electron chi connectivity index (χ0n) is 11.2. The molecule has 100 valence electrons. The smallest absolute Gasteiger partial charge is 0.162 e. The monoisotopic (exact) mass is 259 g/mol. The van der Waals surface area contributed by atoms with E-state index in [0.29, 0.717) is 11.5 Å². The lowest BCUT2D eigenvalue weighted by molar-refractivity contribution is 0.355. The molecule has 2 aromatic rings. The van der Waals surface area contributed by atoms with Gasteiger partial charge in [0.1, 0.15) is 5.82 Å². The van der Waals surface area contributed by atoms with Gasteiger partial charge in [-0.1, -0.05) is 0 Å². The molecule has 0 atom stereocenters.